The highest BCUT2D eigenvalue weighted by Crippen LogP contribution is 2.41. The van der Waals surface area contributed by atoms with E-state index in [4.69, 9.17) is 19.8 Å². The van der Waals surface area contributed by atoms with Crippen LogP contribution in [-0.4, -0.2) is 56.2 Å². The summed E-state index contributed by atoms with van der Waals surface area (Å²) in [5.74, 6) is 0.0541. The molecule has 47 heavy (non-hydrogen) atoms. The Labute approximate surface area is 270 Å². The molecule has 1 aliphatic heterocycles. The van der Waals surface area contributed by atoms with Gasteiger partial charge in [-0.05, 0) is 75.1 Å². The number of cyclic esters (lactones) is 1. The van der Waals surface area contributed by atoms with Crippen molar-refractivity contribution < 1.29 is 45.8 Å². The van der Waals surface area contributed by atoms with Gasteiger partial charge in [0.15, 0.2) is 5.82 Å². The Balaban J connectivity index is 1.43. The van der Waals surface area contributed by atoms with Crippen molar-refractivity contribution in [2.24, 2.45) is 11.8 Å². The van der Waals surface area contributed by atoms with Crippen molar-refractivity contribution in [1.29, 1.82) is 0 Å². The van der Waals surface area contributed by atoms with Gasteiger partial charge in [-0.3, -0.25) is 9.69 Å². The first-order valence-electron chi connectivity index (χ1n) is 15.1. The fourth-order valence-corrected chi connectivity index (χ4v) is 6.81. The normalized spacial score (nSPS) is 22.0. The molecule has 1 aliphatic carbocycles. The summed E-state index contributed by atoms with van der Waals surface area (Å²) < 4.78 is 86.8. The second-order valence-corrected chi connectivity index (χ2v) is 12.7. The fourth-order valence-electron chi connectivity index (χ4n) is 6.26. The summed E-state index contributed by atoms with van der Waals surface area (Å²) in [4.78, 5) is 41.3. The lowest BCUT2D eigenvalue weighted by molar-refractivity contribution is -0.143. The Kier molecular flexibility index (Phi) is 9.99. The van der Waals surface area contributed by atoms with E-state index in [1.807, 2.05) is 11.8 Å². The van der Waals surface area contributed by atoms with Crippen LogP contribution >= 0.6 is 11.3 Å². The number of nitrogens with zero attached hydrogens (tertiary/aromatic N) is 5. The van der Waals surface area contributed by atoms with Crippen LogP contribution in [0.5, 0.6) is 0 Å². The van der Waals surface area contributed by atoms with Gasteiger partial charge in [0, 0.05) is 24.9 Å². The number of carboxylic acid groups (broad SMARTS) is 1. The van der Waals surface area contributed by atoms with E-state index in [1.165, 1.54) is 23.2 Å². The lowest BCUT2D eigenvalue weighted by atomic mass is 9.80. The lowest BCUT2D eigenvalue weighted by Gasteiger charge is -2.33. The summed E-state index contributed by atoms with van der Waals surface area (Å²) >= 11 is 1.35. The van der Waals surface area contributed by atoms with Crippen molar-refractivity contribution in [1.82, 2.24) is 19.9 Å². The molecule has 1 aromatic carbocycles. The molecule has 2 fully saturated rings. The summed E-state index contributed by atoms with van der Waals surface area (Å²) in [5, 5.41) is 10.9. The molecule has 2 aromatic heterocycles. The van der Waals surface area contributed by atoms with E-state index in [9.17, 15) is 35.9 Å². The van der Waals surface area contributed by atoms with E-state index < -0.39 is 53.3 Å². The molecule has 16 heteroatoms. The molecule has 0 bridgehead atoms. The van der Waals surface area contributed by atoms with Gasteiger partial charge in [0.25, 0.3) is 0 Å². The lowest BCUT2D eigenvalue weighted by Crippen LogP contribution is -2.36. The van der Waals surface area contributed by atoms with Crippen LogP contribution in [0.4, 0.5) is 37.0 Å². The Bertz CT molecular complexity index is 1550. The topological polar surface area (TPSA) is 109 Å². The number of alkyl halides is 6. The van der Waals surface area contributed by atoms with E-state index in [1.54, 1.807) is 17.1 Å². The van der Waals surface area contributed by atoms with Crippen LogP contribution < -0.4 is 4.90 Å². The van der Waals surface area contributed by atoms with Gasteiger partial charge < -0.3 is 14.7 Å². The number of rotatable bonds is 10. The molecule has 9 nitrogen and oxygen atoms in total. The molecule has 254 valence electrons. The van der Waals surface area contributed by atoms with E-state index in [-0.39, 0.29) is 30.9 Å². The average molecular weight is 686 g/mol. The Morgan fingerprint density at radius 1 is 1.02 bits per heavy atom. The van der Waals surface area contributed by atoms with E-state index in [2.05, 4.69) is 4.98 Å². The first-order valence-corrected chi connectivity index (χ1v) is 16.1. The predicted molar refractivity (Wildman–Crippen MR) is 159 cm³/mol. The first kappa shape index (κ1) is 34.4. The van der Waals surface area contributed by atoms with Crippen molar-refractivity contribution in [3.8, 4) is 11.4 Å². The number of carbonyl (C=O) groups excluding carboxylic acids is 1. The average Bonchev–Trinajstić information content (AvgIpc) is 3.64. The van der Waals surface area contributed by atoms with Crippen LogP contribution in [0.1, 0.15) is 74.4 Å². The smallest absolute Gasteiger partial charge is 0.416 e. The number of aromatic nitrogens is 3. The summed E-state index contributed by atoms with van der Waals surface area (Å²) in [7, 11) is 0. The molecule has 0 radical (unpaired) electrons. The minimum absolute atomic E-state index is 0.0342. The van der Waals surface area contributed by atoms with Gasteiger partial charge in [-0.15, -0.1) is 11.3 Å². The van der Waals surface area contributed by atoms with Gasteiger partial charge in [0.2, 0.25) is 0 Å². The SMILES string of the molecule is CCN(CC1CCC(CC(=O)O)CC1)c1ncc(-c2cscn2)nc1CN1C(=O)O[C@H](c2cc(C(F)(F)F)cc(C(F)(F)F)c2)[C@@H]1C. The minimum Gasteiger partial charge on any atom is -0.481 e. The van der Waals surface area contributed by atoms with Crippen LogP contribution in [-0.2, 0) is 28.4 Å². The zero-order valence-electron chi connectivity index (χ0n) is 25.5. The van der Waals surface area contributed by atoms with E-state index in [0.29, 0.717) is 48.1 Å². The summed E-state index contributed by atoms with van der Waals surface area (Å²) in [6, 6.07) is 0.229. The number of aliphatic carboxylic acids is 1. The standard InChI is InChI=1S/C31H33F6N5O4S/c1-3-41(13-19-6-4-18(5-7-19)8-26(43)44)28-24(40-23(12-38-28)25-15-47-16-39-25)14-42-17(2)27(46-29(42)45)20-9-21(30(32,33)34)11-22(10-20)31(35,36)37/h9-12,15-19,27H,3-8,13-14H2,1-2H3,(H,43,44)/t17-,18?,19?,27-/m0/s1. The van der Waals surface area contributed by atoms with Crippen LogP contribution in [0.25, 0.3) is 11.4 Å². The van der Waals surface area contributed by atoms with Gasteiger partial charge >= 0.3 is 24.4 Å². The molecule has 1 saturated carbocycles. The quantitative estimate of drug-likeness (QED) is 0.215. The van der Waals surface area contributed by atoms with Gasteiger partial charge in [-0.1, -0.05) is 0 Å². The molecule has 1 N–H and O–H groups in total. The van der Waals surface area contributed by atoms with Crippen molar-refractivity contribution in [2.45, 2.75) is 77.0 Å². The monoisotopic (exact) mass is 685 g/mol. The number of carbonyl (C=O) groups is 2. The molecule has 2 atom stereocenters. The molecular weight excluding hydrogens is 652 g/mol. The third kappa shape index (κ3) is 7.96. The van der Waals surface area contributed by atoms with Crippen LogP contribution in [0.3, 0.4) is 0 Å². The maximum Gasteiger partial charge on any atom is 0.416 e. The maximum atomic E-state index is 13.6. The molecule has 2 aliphatic rings. The number of amides is 1. The summed E-state index contributed by atoms with van der Waals surface area (Å²) in [5.41, 5.74) is -0.452. The fraction of sp³-hybridized carbons (Fsp3) is 0.516. The number of hydrogen-bond donors (Lipinski definition) is 1. The van der Waals surface area contributed by atoms with Gasteiger partial charge in [0.05, 0.1) is 35.4 Å². The Morgan fingerprint density at radius 2 is 1.66 bits per heavy atom. The summed E-state index contributed by atoms with van der Waals surface area (Å²) in [6.45, 7) is 4.38. The number of benzene rings is 1. The highest BCUT2D eigenvalue weighted by molar-refractivity contribution is 7.07. The van der Waals surface area contributed by atoms with Gasteiger partial charge in [-0.2, -0.15) is 26.3 Å². The number of halogens is 6. The van der Waals surface area contributed by atoms with Crippen LogP contribution in [0, 0.1) is 11.8 Å². The second-order valence-electron chi connectivity index (χ2n) is 11.9. The third-order valence-electron chi connectivity index (χ3n) is 8.76. The van der Waals surface area contributed by atoms with E-state index >= 15 is 0 Å². The number of carboxylic acids is 1. The second kappa shape index (κ2) is 13.6. The highest BCUT2D eigenvalue weighted by Gasteiger charge is 2.44. The number of anilines is 1. The summed E-state index contributed by atoms with van der Waals surface area (Å²) in [6.07, 6.45) is -7.48. The molecular formula is C31H33F6N5O4S. The number of thiazole rings is 1. The molecule has 3 aromatic rings. The Morgan fingerprint density at radius 3 is 2.21 bits per heavy atom. The number of hydrogen-bond acceptors (Lipinski definition) is 8. The van der Waals surface area contributed by atoms with Crippen LogP contribution in [0.2, 0.25) is 0 Å². The van der Waals surface area contributed by atoms with Crippen molar-refractivity contribution in [3.05, 3.63) is 57.7 Å². The molecule has 0 spiro atoms. The molecule has 3 heterocycles. The number of ether oxygens (including phenoxy) is 1. The maximum absolute atomic E-state index is 13.6. The largest absolute Gasteiger partial charge is 0.481 e. The minimum atomic E-state index is -5.05. The molecule has 0 unspecified atom stereocenters. The molecule has 1 amide bonds. The van der Waals surface area contributed by atoms with Crippen molar-refractivity contribution >= 4 is 29.2 Å². The van der Waals surface area contributed by atoms with Crippen molar-refractivity contribution in [2.75, 3.05) is 18.0 Å². The predicted octanol–water partition coefficient (Wildman–Crippen LogP) is 7.83. The Hall–Kier alpha value is -3.95. The third-order valence-corrected chi connectivity index (χ3v) is 9.34. The molecule has 1 saturated heterocycles. The van der Waals surface area contributed by atoms with Crippen molar-refractivity contribution in [3.63, 3.8) is 0 Å². The van der Waals surface area contributed by atoms with Gasteiger partial charge in [-0.25, -0.2) is 19.7 Å². The molecule has 5 rings (SSSR count). The van der Waals surface area contributed by atoms with Crippen LogP contribution in [0.15, 0.2) is 35.3 Å². The zero-order chi connectivity index (χ0) is 34.1. The highest BCUT2D eigenvalue weighted by atomic mass is 32.1. The van der Waals surface area contributed by atoms with Gasteiger partial charge in [0.1, 0.15) is 23.2 Å². The zero-order valence-corrected chi connectivity index (χ0v) is 26.3. The first-order chi connectivity index (χ1) is 22.1. The van der Waals surface area contributed by atoms with E-state index in [0.717, 1.165) is 25.7 Å².